The molecule has 0 saturated carbocycles. The van der Waals surface area contributed by atoms with Crippen molar-refractivity contribution in [2.24, 2.45) is 9.39 Å². The normalized spacial score (nSPS) is 15.8. The summed E-state index contributed by atoms with van der Waals surface area (Å²) in [4.78, 5) is 16.9. The highest BCUT2D eigenvalue weighted by atomic mass is 79.9. The minimum absolute atomic E-state index is 0.0399. The number of ketones is 1. The van der Waals surface area contributed by atoms with Crippen LogP contribution in [0.5, 0.6) is 0 Å². The lowest BCUT2D eigenvalue weighted by Gasteiger charge is -2.18. The van der Waals surface area contributed by atoms with Crippen LogP contribution in [0.1, 0.15) is 19.4 Å². The molecular formula is C21H16Br2N2O3S. The Morgan fingerprint density at radius 2 is 1.31 bits per heavy atom. The van der Waals surface area contributed by atoms with Crippen LogP contribution in [0.15, 0.2) is 95.1 Å². The first-order valence-corrected chi connectivity index (χ1v) is 11.6. The number of nitrogens with zero attached hydrogens (tertiary/aromatic N) is 2. The summed E-state index contributed by atoms with van der Waals surface area (Å²) in [6.07, 6.45) is 0. The van der Waals surface area contributed by atoms with Gasteiger partial charge in [-0.3, -0.25) is 4.79 Å². The molecule has 0 N–H and O–H groups in total. The van der Waals surface area contributed by atoms with Crippen molar-refractivity contribution in [3.05, 3.63) is 86.3 Å². The molecule has 2 aromatic rings. The monoisotopic (exact) mass is 534 g/mol. The van der Waals surface area contributed by atoms with E-state index in [0.29, 0.717) is 31.4 Å². The summed E-state index contributed by atoms with van der Waals surface area (Å²) in [6.45, 7) is 3.50. The summed E-state index contributed by atoms with van der Waals surface area (Å²) in [6, 6.07) is 16.8. The fraction of sp³-hybridized carbons (Fsp3) is 0.0952. The minimum Gasteiger partial charge on any atom is -0.287 e. The second-order valence-electron chi connectivity index (χ2n) is 6.24. The van der Waals surface area contributed by atoms with Gasteiger partial charge in [0.2, 0.25) is 5.78 Å². The maximum Gasteiger partial charge on any atom is 0.284 e. The number of Topliss-reactive ketones (excluding diaryl/α,β-unsaturated/α-hetero) is 1. The molecule has 29 heavy (non-hydrogen) atoms. The number of rotatable bonds is 3. The molecule has 0 amide bonds. The summed E-state index contributed by atoms with van der Waals surface area (Å²) in [5, 5.41) is 0. The second kappa shape index (κ2) is 8.69. The second-order valence-corrected chi connectivity index (χ2v) is 9.43. The molecule has 0 unspecified atom stereocenters. The summed E-state index contributed by atoms with van der Waals surface area (Å²) < 4.78 is 30.5. The number of hydrogen-bond donors (Lipinski definition) is 0. The number of amidine groups is 1. The number of sulfonamides is 1. The Balaban J connectivity index is 2.24. The third-order valence-electron chi connectivity index (χ3n) is 4.26. The van der Waals surface area contributed by atoms with Crippen LogP contribution in [0, 0.1) is 0 Å². The molecule has 8 heteroatoms. The molecule has 0 aliphatic heterocycles. The predicted octanol–water partition coefficient (Wildman–Crippen LogP) is 5.18. The lowest BCUT2D eigenvalue weighted by atomic mass is 9.97. The molecule has 0 saturated heterocycles. The molecule has 148 valence electrons. The average molecular weight is 536 g/mol. The van der Waals surface area contributed by atoms with Crippen LogP contribution in [0.25, 0.3) is 0 Å². The Bertz CT molecular complexity index is 1170. The summed E-state index contributed by atoms with van der Waals surface area (Å²) in [5.74, 6) is -0.146. The number of halogens is 2. The Labute approximate surface area is 186 Å². The quantitative estimate of drug-likeness (QED) is 0.308. The van der Waals surface area contributed by atoms with Gasteiger partial charge in [0.25, 0.3) is 10.0 Å². The fourth-order valence-corrected chi connectivity index (χ4v) is 4.70. The van der Waals surface area contributed by atoms with Crippen LogP contribution in [0.3, 0.4) is 0 Å². The molecule has 2 aromatic carbocycles. The first kappa shape index (κ1) is 21.5. The minimum atomic E-state index is -3.97. The summed E-state index contributed by atoms with van der Waals surface area (Å²) in [7, 11) is -3.97. The molecule has 1 aliphatic rings. The van der Waals surface area contributed by atoms with Gasteiger partial charge in [0.1, 0.15) is 0 Å². The van der Waals surface area contributed by atoms with Crippen LogP contribution in [0.4, 0.5) is 0 Å². The van der Waals surface area contributed by atoms with Crippen molar-refractivity contribution < 1.29 is 13.2 Å². The van der Waals surface area contributed by atoms with Gasteiger partial charge in [-0.15, -0.1) is 4.40 Å². The standard InChI is InChI=1S/C21H16Br2N2O3S/c1-13-17(22)20(26)18(23)14(2)19(13)24-21(15-9-5-3-6-10-15)25-29(27,28)16-11-7-4-8-12-16/h3-12H,1-2H3/b25-21+. The molecule has 0 aromatic heterocycles. The third-order valence-corrected chi connectivity index (χ3v) is 7.46. The van der Waals surface area contributed by atoms with Crippen molar-refractivity contribution >= 4 is 59.2 Å². The number of carbonyl (C=O) groups excluding carboxylic acids is 1. The molecule has 0 radical (unpaired) electrons. The van der Waals surface area contributed by atoms with E-state index in [-0.39, 0.29) is 16.5 Å². The molecule has 5 nitrogen and oxygen atoms in total. The van der Waals surface area contributed by atoms with Crippen molar-refractivity contribution in [3.8, 4) is 0 Å². The zero-order valence-corrected chi connectivity index (χ0v) is 19.5. The Kier molecular flexibility index (Phi) is 6.45. The van der Waals surface area contributed by atoms with Crippen molar-refractivity contribution in [1.82, 2.24) is 0 Å². The smallest absolute Gasteiger partial charge is 0.284 e. The van der Waals surface area contributed by atoms with Gasteiger partial charge in [-0.25, -0.2) is 4.99 Å². The van der Waals surface area contributed by atoms with Crippen LogP contribution in [0.2, 0.25) is 0 Å². The highest BCUT2D eigenvalue weighted by Gasteiger charge is 2.27. The first-order valence-electron chi connectivity index (χ1n) is 8.54. The van der Waals surface area contributed by atoms with Crippen molar-refractivity contribution in [1.29, 1.82) is 0 Å². The zero-order valence-electron chi connectivity index (χ0n) is 15.6. The SMILES string of the molecule is CC1=C(Br)C(=O)C(Br)=C(C)C1=N/C(=N/S(=O)(=O)c1ccccc1)c1ccccc1. The molecule has 3 rings (SSSR count). The maximum atomic E-state index is 12.8. The van der Waals surface area contributed by atoms with Gasteiger partial charge in [0, 0.05) is 5.56 Å². The Morgan fingerprint density at radius 1 is 0.828 bits per heavy atom. The van der Waals surface area contributed by atoms with E-state index < -0.39 is 10.0 Å². The van der Waals surface area contributed by atoms with E-state index >= 15 is 0 Å². The van der Waals surface area contributed by atoms with E-state index in [9.17, 15) is 13.2 Å². The maximum absolute atomic E-state index is 12.8. The van der Waals surface area contributed by atoms with E-state index in [4.69, 9.17) is 0 Å². The van der Waals surface area contributed by atoms with Gasteiger partial charge in [0.15, 0.2) is 5.84 Å². The molecule has 0 spiro atoms. The first-order chi connectivity index (χ1) is 13.7. The van der Waals surface area contributed by atoms with Crippen molar-refractivity contribution in [2.75, 3.05) is 0 Å². The highest BCUT2D eigenvalue weighted by molar-refractivity contribution is 9.13. The Hall–Kier alpha value is -2.16. The van der Waals surface area contributed by atoms with Crippen LogP contribution in [-0.4, -0.2) is 25.7 Å². The number of aliphatic imine (C=N–C) groups is 1. The molecule has 0 bridgehead atoms. The molecular weight excluding hydrogens is 520 g/mol. The van der Waals surface area contributed by atoms with E-state index in [2.05, 4.69) is 41.3 Å². The van der Waals surface area contributed by atoms with Gasteiger partial charge in [-0.05, 0) is 69.0 Å². The summed E-state index contributed by atoms with van der Waals surface area (Å²) in [5.41, 5.74) is 2.24. The largest absolute Gasteiger partial charge is 0.287 e. The van der Waals surface area contributed by atoms with Crippen molar-refractivity contribution in [3.63, 3.8) is 0 Å². The van der Waals surface area contributed by atoms with E-state index in [1.54, 1.807) is 56.3 Å². The number of benzene rings is 2. The molecule has 0 atom stereocenters. The fourth-order valence-electron chi connectivity index (χ4n) is 2.68. The van der Waals surface area contributed by atoms with Crippen LogP contribution >= 0.6 is 31.9 Å². The van der Waals surface area contributed by atoms with Gasteiger partial charge in [-0.1, -0.05) is 48.5 Å². The third kappa shape index (κ3) is 4.55. The van der Waals surface area contributed by atoms with Crippen LogP contribution in [-0.2, 0) is 14.8 Å². The zero-order chi connectivity index (χ0) is 21.2. The van der Waals surface area contributed by atoms with Gasteiger partial charge in [-0.2, -0.15) is 8.42 Å². The van der Waals surface area contributed by atoms with Gasteiger partial charge < -0.3 is 0 Å². The van der Waals surface area contributed by atoms with E-state index in [1.807, 2.05) is 6.07 Å². The lowest BCUT2D eigenvalue weighted by Crippen LogP contribution is -2.19. The highest BCUT2D eigenvalue weighted by Crippen LogP contribution is 2.32. The lowest BCUT2D eigenvalue weighted by molar-refractivity contribution is -0.111. The number of carbonyl (C=O) groups is 1. The molecule has 0 heterocycles. The summed E-state index contributed by atoms with van der Waals surface area (Å²) >= 11 is 6.60. The van der Waals surface area contributed by atoms with Crippen LogP contribution < -0.4 is 0 Å². The van der Waals surface area contributed by atoms with Crippen molar-refractivity contribution in [2.45, 2.75) is 18.7 Å². The number of allylic oxidation sites excluding steroid dienone is 4. The molecule has 0 fully saturated rings. The van der Waals surface area contributed by atoms with Gasteiger partial charge >= 0.3 is 0 Å². The Morgan fingerprint density at radius 3 is 1.83 bits per heavy atom. The topological polar surface area (TPSA) is 75.9 Å². The van der Waals surface area contributed by atoms with Gasteiger partial charge in [0.05, 0.1) is 19.6 Å². The van der Waals surface area contributed by atoms with E-state index in [1.165, 1.54) is 12.1 Å². The average Bonchev–Trinajstić information content (AvgIpc) is 2.74. The van der Waals surface area contributed by atoms with E-state index in [0.717, 1.165) is 0 Å². The predicted molar refractivity (Wildman–Crippen MR) is 122 cm³/mol. The molecule has 1 aliphatic carbocycles. The number of hydrogen-bond acceptors (Lipinski definition) is 3.